The van der Waals surface area contributed by atoms with Crippen LogP contribution >= 0.6 is 11.3 Å². The van der Waals surface area contributed by atoms with Crippen LogP contribution in [-0.4, -0.2) is 31.6 Å². The lowest BCUT2D eigenvalue weighted by Gasteiger charge is -2.05. The van der Waals surface area contributed by atoms with Crippen LogP contribution in [0.15, 0.2) is 53.0 Å². The van der Waals surface area contributed by atoms with E-state index in [0.717, 1.165) is 16.9 Å². The van der Waals surface area contributed by atoms with E-state index in [1.54, 1.807) is 19.9 Å². The van der Waals surface area contributed by atoms with Crippen LogP contribution in [0.5, 0.6) is 0 Å². The maximum atomic E-state index is 12.5. The van der Waals surface area contributed by atoms with E-state index in [0.29, 0.717) is 17.1 Å². The van der Waals surface area contributed by atoms with Gasteiger partial charge in [-0.1, -0.05) is 30.3 Å². The number of furan rings is 1. The first kappa shape index (κ1) is 22.0. The number of esters is 2. The van der Waals surface area contributed by atoms with E-state index in [2.05, 4.69) is 5.32 Å². The number of carbonyl (C=O) groups is 3. The minimum absolute atomic E-state index is 0.137. The number of ether oxygens (including phenoxy) is 2. The summed E-state index contributed by atoms with van der Waals surface area (Å²) in [5, 5.41) is 2.86. The number of amides is 1. The van der Waals surface area contributed by atoms with E-state index in [9.17, 15) is 14.4 Å². The zero-order valence-corrected chi connectivity index (χ0v) is 18.1. The number of carbonyl (C=O) groups excluding carboxylic acids is 3. The topological polar surface area (TPSA) is 94.8 Å². The van der Waals surface area contributed by atoms with Crippen molar-refractivity contribution in [2.45, 2.75) is 13.8 Å². The maximum absolute atomic E-state index is 12.5. The number of hydrogen-bond donors (Lipinski definition) is 1. The number of benzene rings is 1. The summed E-state index contributed by atoms with van der Waals surface area (Å²) in [7, 11) is 1.25. The highest BCUT2D eigenvalue weighted by Crippen LogP contribution is 2.34. The van der Waals surface area contributed by atoms with Gasteiger partial charge in [-0.2, -0.15) is 0 Å². The first-order chi connectivity index (χ1) is 14.9. The molecule has 0 unspecified atom stereocenters. The molecule has 0 aliphatic rings. The van der Waals surface area contributed by atoms with Gasteiger partial charge in [0.15, 0.2) is 0 Å². The molecular formula is C23H21NO6S. The highest BCUT2D eigenvalue weighted by Gasteiger charge is 2.26. The van der Waals surface area contributed by atoms with Crippen molar-refractivity contribution in [2.24, 2.45) is 0 Å². The standard InChI is InChI=1S/C23H21NO6S/c1-4-29-22(26)19-14(2)20(23(27)28-3)31-21(19)24-18(25)13-11-16-10-12-17(30-16)15-8-6-5-7-9-15/h5-13H,4H2,1-3H3,(H,24,25)/b13-11+. The Balaban J connectivity index is 1.79. The Bertz CT molecular complexity index is 1130. The third-order valence-corrected chi connectivity index (χ3v) is 5.51. The molecule has 2 aromatic heterocycles. The minimum atomic E-state index is -0.621. The molecule has 3 rings (SSSR count). The fourth-order valence-corrected chi connectivity index (χ4v) is 3.97. The molecule has 0 radical (unpaired) electrons. The van der Waals surface area contributed by atoms with Crippen molar-refractivity contribution in [3.8, 4) is 11.3 Å². The van der Waals surface area contributed by atoms with Crippen LogP contribution < -0.4 is 5.32 Å². The van der Waals surface area contributed by atoms with Gasteiger partial charge < -0.3 is 19.2 Å². The summed E-state index contributed by atoms with van der Waals surface area (Å²) in [6.45, 7) is 3.44. The van der Waals surface area contributed by atoms with E-state index >= 15 is 0 Å². The fourth-order valence-electron chi connectivity index (χ4n) is 2.85. The summed E-state index contributed by atoms with van der Waals surface area (Å²) in [5.41, 5.74) is 1.46. The zero-order valence-electron chi connectivity index (χ0n) is 17.3. The summed E-state index contributed by atoms with van der Waals surface area (Å²) >= 11 is 0.960. The second kappa shape index (κ2) is 9.90. The lowest BCUT2D eigenvalue weighted by Crippen LogP contribution is -2.12. The Morgan fingerprint density at radius 1 is 1.10 bits per heavy atom. The summed E-state index contributed by atoms with van der Waals surface area (Å²) in [5.74, 6) is -0.516. The van der Waals surface area contributed by atoms with Crippen LogP contribution in [0, 0.1) is 6.92 Å². The Morgan fingerprint density at radius 2 is 1.84 bits per heavy atom. The van der Waals surface area contributed by atoms with Crippen molar-refractivity contribution in [2.75, 3.05) is 19.0 Å². The van der Waals surface area contributed by atoms with E-state index in [4.69, 9.17) is 13.9 Å². The molecule has 1 amide bonds. The second-order valence-electron chi connectivity index (χ2n) is 6.36. The third kappa shape index (κ3) is 5.10. The summed E-state index contributed by atoms with van der Waals surface area (Å²) in [4.78, 5) is 37.0. The van der Waals surface area contributed by atoms with Crippen LogP contribution in [0.4, 0.5) is 5.00 Å². The molecule has 8 heteroatoms. The van der Waals surface area contributed by atoms with Gasteiger partial charge in [0, 0.05) is 11.6 Å². The highest BCUT2D eigenvalue weighted by atomic mass is 32.1. The van der Waals surface area contributed by atoms with Crippen LogP contribution in [0.25, 0.3) is 17.4 Å². The molecular weight excluding hydrogens is 418 g/mol. The average molecular weight is 439 g/mol. The van der Waals surface area contributed by atoms with Gasteiger partial charge in [-0.15, -0.1) is 11.3 Å². The number of rotatable bonds is 7. The van der Waals surface area contributed by atoms with Crippen LogP contribution in [-0.2, 0) is 14.3 Å². The lowest BCUT2D eigenvalue weighted by molar-refractivity contribution is -0.111. The predicted octanol–water partition coefficient (Wildman–Crippen LogP) is 4.93. The molecule has 0 saturated carbocycles. The Labute approximate surface area is 183 Å². The fraction of sp³-hybridized carbons (Fsp3) is 0.174. The van der Waals surface area contributed by atoms with Gasteiger partial charge in [-0.05, 0) is 37.6 Å². The molecule has 0 aliphatic heterocycles. The number of thiophene rings is 1. The quantitative estimate of drug-likeness (QED) is 0.414. The van der Waals surface area contributed by atoms with E-state index in [1.165, 1.54) is 19.3 Å². The van der Waals surface area contributed by atoms with Crippen molar-refractivity contribution < 1.29 is 28.3 Å². The molecule has 0 fully saturated rings. The number of nitrogens with one attached hydrogen (secondary N) is 1. The summed E-state index contributed by atoms with van der Waals surface area (Å²) in [6, 6.07) is 13.2. The van der Waals surface area contributed by atoms with Crippen LogP contribution in [0.1, 0.15) is 38.3 Å². The van der Waals surface area contributed by atoms with Gasteiger partial charge in [0.25, 0.3) is 0 Å². The van der Waals surface area contributed by atoms with Gasteiger partial charge >= 0.3 is 11.9 Å². The van der Waals surface area contributed by atoms with Crippen molar-refractivity contribution in [3.05, 3.63) is 70.3 Å². The normalized spacial score (nSPS) is 10.8. The highest BCUT2D eigenvalue weighted by molar-refractivity contribution is 7.18. The summed E-state index contributed by atoms with van der Waals surface area (Å²) < 4.78 is 15.6. The number of anilines is 1. The molecule has 160 valence electrons. The molecule has 0 spiro atoms. The molecule has 3 aromatic rings. The number of hydrogen-bond acceptors (Lipinski definition) is 7. The first-order valence-corrected chi connectivity index (χ1v) is 10.3. The molecule has 0 aliphatic carbocycles. The minimum Gasteiger partial charge on any atom is -0.465 e. The molecule has 1 N–H and O–H groups in total. The SMILES string of the molecule is CCOC(=O)c1c(NC(=O)/C=C/c2ccc(-c3ccccc3)o2)sc(C(=O)OC)c1C. The largest absolute Gasteiger partial charge is 0.465 e. The second-order valence-corrected chi connectivity index (χ2v) is 7.38. The van der Waals surface area contributed by atoms with E-state index in [1.807, 2.05) is 36.4 Å². The Hall–Kier alpha value is -3.65. The maximum Gasteiger partial charge on any atom is 0.348 e. The molecule has 2 heterocycles. The Morgan fingerprint density at radius 3 is 2.52 bits per heavy atom. The number of methoxy groups -OCH3 is 1. The average Bonchev–Trinajstić information content (AvgIpc) is 3.37. The molecule has 0 saturated heterocycles. The van der Waals surface area contributed by atoms with Gasteiger partial charge in [0.05, 0.1) is 19.3 Å². The third-order valence-electron chi connectivity index (χ3n) is 4.32. The van der Waals surface area contributed by atoms with E-state index < -0.39 is 17.8 Å². The van der Waals surface area contributed by atoms with Crippen molar-refractivity contribution >= 4 is 40.3 Å². The van der Waals surface area contributed by atoms with Crippen molar-refractivity contribution in [3.63, 3.8) is 0 Å². The molecule has 0 atom stereocenters. The van der Waals surface area contributed by atoms with Crippen molar-refractivity contribution in [1.82, 2.24) is 0 Å². The van der Waals surface area contributed by atoms with Crippen molar-refractivity contribution in [1.29, 1.82) is 0 Å². The molecule has 0 bridgehead atoms. The van der Waals surface area contributed by atoms with Gasteiger partial charge in [0.2, 0.25) is 5.91 Å². The first-order valence-electron chi connectivity index (χ1n) is 9.47. The Kier molecular flexibility index (Phi) is 7.04. The van der Waals surface area contributed by atoms with Crippen LogP contribution in [0.3, 0.4) is 0 Å². The monoisotopic (exact) mass is 439 g/mol. The molecule has 7 nitrogen and oxygen atoms in total. The van der Waals surface area contributed by atoms with Gasteiger partial charge in [-0.3, -0.25) is 4.79 Å². The lowest BCUT2D eigenvalue weighted by atomic mass is 10.1. The molecule has 31 heavy (non-hydrogen) atoms. The molecule has 1 aromatic carbocycles. The van der Waals surface area contributed by atoms with Gasteiger partial charge in [0.1, 0.15) is 21.4 Å². The predicted molar refractivity (Wildman–Crippen MR) is 118 cm³/mol. The van der Waals surface area contributed by atoms with Crippen LogP contribution in [0.2, 0.25) is 0 Å². The zero-order chi connectivity index (χ0) is 22.4. The smallest absolute Gasteiger partial charge is 0.348 e. The van der Waals surface area contributed by atoms with Gasteiger partial charge in [-0.25, -0.2) is 9.59 Å². The van der Waals surface area contributed by atoms with E-state index in [-0.39, 0.29) is 22.0 Å². The summed E-state index contributed by atoms with van der Waals surface area (Å²) in [6.07, 6.45) is 2.81.